The molecule has 1 aromatic carbocycles. The Morgan fingerprint density at radius 1 is 1.09 bits per heavy atom. The van der Waals surface area contributed by atoms with Crippen LogP contribution in [0.4, 0.5) is 5.95 Å². The molecule has 2 aliphatic rings. The van der Waals surface area contributed by atoms with Crippen LogP contribution >= 0.6 is 0 Å². The second kappa shape index (κ2) is 9.43. The van der Waals surface area contributed by atoms with Crippen LogP contribution in [-0.4, -0.2) is 65.2 Å². The number of ether oxygens (including phenoxy) is 1. The van der Waals surface area contributed by atoms with Crippen LogP contribution in [0.15, 0.2) is 55.1 Å². The van der Waals surface area contributed by atoms with Crippen LogP contribution in [0.3, 0.4) is 0 Å². The summed E-state index contributed by atoms with van der Waals surface area (Å²) in [5.41, 5.74) is 0.912. The van der Waals surface area contributed by atoms with Crippen molar-refractivity contribution in [3.63, 3.8) is 0 Å². The van der Waals surface area contributed by atoms with E-state index < -0.39 is 0 Å². The van der Waals surface area contributed by atoms with Crippen molar-refractivity contribution in [2.24, 2.45) is 11.3 Å². The van der Waals surface area contributed by atoms with Crippen LogP contribution in [0.2, 0.25) is 0 Å². The minimum absolute atomic E-state index is 0.256. The third-order valence-corrected chi connectivity index (χ3v) is 7.13. The number of rotatable bonds is 4. The maximum Gasteiger partial charge on any atom is 0.228 e. The Morgan fingerprint density at radius 2 is 1.91 bits per heavy atom. The van der Waals surface area contributed by atoms with Crippen molar-refractivity contribution in [2.75, 3.05) is 44.3 Å². The van der Waals surface area contributed by atoms with E-state index in [9.17, 15) is 4.79 Å². The molecule has 172 valence electrons. The Bertz CT molecular complexity index is 1090. The monoisotopic (exact) mass is 445 g/mol. The molecule has 2 saturated heterocycles. The van der Waals surface area contributed by atoms with Crippen LogP contribution in [-0.2, 0) is 16.0 Å². The van der Waals surface area contributed by atoms with Crippen molar-refractivity contribution >= 4 is 22.6 Å². The molecule has 0 aliphatic carbocycles. The summed E-state index contributed by atoms with van der Waals surface area (Å²) in [5.74, 6) is 1.27. The number of nitrogens with zero attached hydrogens (tertiary/aromatic N) is 5. The summed E-state index contributed by atoms with van der Waals surface area (Å²) in [5, 5.41) is 2.39. The SMILES string of the molecule is CC1(C(=O)N2CCOC[C@H](Cc3cccc4ccncc34)C2)CCN(c2ncccn2)CC1. The molecular formula is C26H31N5O2. The van der Waals surface area contributed by atoms with E-state index in [0.717, 1.165) is 44.8 Å². The smallest absolute Gasteiger partial charge is 0.228 e. The van der Waals surface area contributed by atoms with Gasteiger partial charge >= 0.3 is 0 Å². The first-order chi connectivity index (χ1) is 16.1. The molecular weight excluding hydrogens is 414 g/mol. The molecule has 0 radical (unpaired) electrons. The molecule has 0 bridgehead atoms. The lowest BCUT2D eigenvalue weighted by molar-refractivity contribution is -0.142. The molecule has 1 amide bonds. The zero-order valence-electron chi connectivity index (χ0n) is 19.2. The number of hydrogen-bond donors (Lipinski definition) is 0. The summed E-state index contributed by atoms with van der Waals surface area (Å²) >= 11 is 0. The highest BCUT2D eigenvalue weighted by Gasteiger charge is 2.40. The first-order valence-electron chi connectivity index (χ1n) is 11.8. The molecule has 0 spiro atoms. The van der Waals surface area contributed by atoms with Gasteiger partial charge in [-0.3, -0.25) is 9.78 Å². The Morgan fingerprint density at radius 3 is 2.73 bits per heavy atom. The van der Waals surface area contributed by atoms with Gasteiger partial charge in [-0.2, -0.15) is 0 Å². The van der Waals surface area contributed by atoms with Crippen LogP contribution < -0.4 is 4.90 Å². The third kappa shape index (κ3) is 4.69. The normalized spacial score (nSPS) is 21.1. The molecule has 2 aromatic heterocycles. The van der Waals surface area contributed by atoms with E-state index in [2.05, 4.69) is 49.9 Å². The zero-order chi connectivity index (χ0) is 22.7. The van der Waals surface area contributed by atoms with Gasteiger partial charge in [0.1, 0.15) is 0 Å². The average molecular weight is 446 g/mol. The lowest BCUT2D eigenvalue weighted by atomic mass is 9.78. The molecule has 5 rings (SSSR count). The largest absolute Gasteiger partial charge is 0.379 e. The van der Waals surface area contributed by atoms with Crippen molar-refractivity contribution in [1.29, 1.82) is 0 Å². The molecule has 0 N–H and O–H groups in total. The summed E-state index contributed by atoms with van der Waals surface area (Å²) in [6.07, 6.45) is 9.80. The van der Waals surface area contributed by atoms with Gasteiger partial charge in [0.25, 0.3) is 0 Å². The zero-order valence-corrected chi connectivity index (χ0v) is 19.2. The standard InChI is InChI=1S/C26H31N5O2/c1-26(7-12-30(13-8-26)25-28-9-3-10-29-25)24(32)31-14-15-33-19-20(18-31)16-22-5-2-4-21-6-11-27-17-23(21)22/h2-6,9-11,17,20H,7-8,12-16,18-19H2,1H3/t20-/m1/s1. The number of carbonyl (C=O) groups is 1. The third-order valence-electron chi connectivity index (χ3n) is 7.13. The average Bonchev–Trinajstić information content (AvgIpc) is 3.10. The van der Waals surface area contributed by atoms with Crippen LogP contribution in [0.5, 0.6) is 0 Å². The molecule has 1 atom stereocenters. The molecule has 0 saturated carbocycles. The summed E-state index contributed by atoms with van der Waals surface area (Å²) in [4.78, 5) is 31.0. The van der Waals surface area contributed by atoms with E-state index in [1.807, 2.05) is 24.5 Å². The van der Waals surface area contributed by atoms with Crippen molar-refractivity contribution in [3.05, 3.63) is 60.7 Å². The number of aromatic nitrogens is 3. The first-order valence-corrected chi connectivity index (χ1v) is 11.8. The molecule has 4 heterocycles. The molecule has 2 aliphatic heterocycles. The molecule has 33 heavy (non-hydrogen) atoms. The molecule has 3 aromatic rings. The molecule has 7 nitrogen and oxygen atoms in total. The second-order valence-electron chi connectivity index (χ2n) is 9.51. The van der Waals surface area contributed by atoms with Crippen molar-refractivity contribution in [1.82, 2.24) is 19.9 Å². The highest BCUT2D eigenvalue weighted by atomic mass is 16.5. The van der Waals surface area contributed by atoms with Gasteiger partial charge in [0.05, 0.1) is 13.2 Å². The second-order valence-corrected chi connectivity index (χ2v) is 9.51. The van der Waals surface area contributed by atoms with Crippen molar-refractivity contribution in [2.45, 2.75) is 26.2 Å². The number of anilines is 1. The fraction of sp³-hybridized carbons (Fsp3) is 0.462. The lowest BCUT2D eigenvalue weighted by Crippen LogP contribution is -2.50. The Labute approximate surface area is 194 Å². The Kier molecular flexibility index (Phi) is 6.22. The lowest BCUT2D eigenvalue weighted by Gasteiger charge is -2.41. The van der Waals surface area contributed by atoms with Gasteiger partial charge in [-0.15, -0.1) is 0 Å². The Balaban J connectivity index is 1.26. The summed E-state index contributed by atoms with van der Waals surface area (Å²) in [6, 6.07) is 10.3. The van der Waals surface area contributed by atoms with Gasteiger partial charge in [0, 0.05) is 67.7 Å². The number of fused-ring (bicyclic) bond motifs is 1. The summed E-state index contributed by atoms with van der Waals surface area (Å²) in [6.45, 7) is 6.38. The predicted octanol–water partition coefficient (Wildman–Crippen LogP) is 3.35. The molecule has 7 heteroatoms. The van der Waals surface area contributed by atoms with Gasteiger partial charge in [-0.1, -0.05) is 25.1 Å². The molecule has 2 fully saturated rings. The summed E-state index contributed by atoms with van der Waals surface area (Å²) in [7, 11) is 0. The molecule has 0 unspecified atom stereocenters. The maximum absolute atomic E-state index is 13.7. The summed E-state index contributed by atoms with van der Waals surface area (Å²) < 4.78 is 5.93. The maximum atomic E-state index is 13.7. The first kappa shape index (κ1) is 21.8. The highest BCUT2D eigenvalue weighted by Crippen LogP contribution is 2.35. The minimum atomic E-state index is -0.358. The number of amides is 1. The van der Waals surface area contributed by atoms with Crippen molar-refractivity contribution in [3.8, 4) is 0 Å². The van der Waals surface area contributed by atoms with Gasteiger partial charge < -0.3 is 14.5 Å². The predicted molar refractivity (Wildman–Crippen MR) is 128 cm³/mol. The van der Waals surface area contributed by atoms with E-state index in [0.29, 0.717) is 19.8 Å². The highest BCUT2D eigenvalue weighted by molar-refractivity contribution is 5.85. The van der Waals surface area contributed by atoms with E-state index in [-0.39, 0.29) is 17.2 Å². The Hall–Kier alpha value is -3.06. The van der Waals surface area contributed by atoms with Gasteiger partial charge in [-0.25, -0.2) is 9.97 Å². The number of piperidine rings is 1. The van der Waals surface area contributed by atoms with Crippen LogP contribution in [0.25, 0.3) is 10.8 Å². The van der Waals surface area contributed by atoms with E-state index in [1.54, 1.807) is 12.4 Å². The van der Waals surface area contributed by atoms with E-state index in [1.165, 1.54) is 16.3 Å². The van der Waals surface area contributed by atoms with Crippen LogP contribution in [0.1, 0.15) is 25.3 Å². The van der Waals surface area contributed by atoms with E-state index in [4.69, 9.17) is 4.74 Å². The topological polar surface area (TPSA) is 71.5 Å². The fourth-order valence-corrected chi connectivity index (χ4v) is 5.10. The van der Waals surface area contributed by atoms with Crippen LogP contribution in [0, 0.1) is 11.3 Å². The quantitative estimate of drug-likeness (QED) is 0.613. The fourth-order valence-electron chi connectivity index (χ4n) is 5.10. The van der Waals surface area contributed by atoms with Gasteiger partial charge in [0.2, 0.25) is 11.9 Å². The number of pyridine rings is 1. The van der Waals surface area contributed by atoms with Gasteiger partial charge in [-0.05, 0) is 42.3 Å². The number of carbonyl (C=O) groups excluding carboxylic acids is 1. The number of hydrogen-bond acceptors (Lipinski definition) is 6. The van der Waals surface area contributed by atoms with Crippen molar-refractivity contribution < 1.29 is 9.53 Å². The minimum Gasteiger partial charge on any atom is -0.379 e. The van der Waals surface area contributed by atoms with E-state index >= 15 is 0 Å². The van der Waals surface area contributed by atoms with Gasteiger partial charge in [0.15, 0.2) is 0 Å². The number of benzene rings is 1.